The summed E-state index contributed by atoms with van der Waals surface area (Å²) in [7, 11) is 0. The molecule has 0 atom stereocenters. The maximum Gasteiger partial charge on any atom is 0.325 e. The molecule has 2 N–H and O–H groups in total. The second kappa shape index (κ2) is 8.77. The molecule has 1 aliphatic rings. The Morgan fingerprint density at radius 2 is 1.79 bits per heavy atom. The third kappa shape index (κ3) is 4.26. The highest BCUT2D eigenvalue weighted by molar-refractivity contribution is 5.94. The first kappa shape index (κ1) is 19.7. The number of morpholine rings is 1. The van der Waals surface area contributed by atoms with Crippen LogP contribution in [-0.2, 0) is 11.3 Å². The van der Waals surface area contributed by atoms with E-state index in [1.165, 1.54) is 34.6 Å². The number of hydroxylamine groups is 1. The minimum Gasteiger partial charge on any atom is -0.378 e. The number of halogens is 2. The zero-order valence-electron chi connectivity index (χ0n) is 14.9. The lowest BCUT2D eigenvalue weighted by atomic mass is 10.1. The van der Waals surface area contributed by atoms with Gasteiger partial charge >= 0.3 is 6.03 Å². The molecular formula is C19H19F2N3O4. The fourth-order valence-electron chi connectivity index (χ4n) is 2.89. The van der Waals surface area contributed by atoms with Gasteiger partial charge in [-0.15, -0.1) is 0 Å². The van der Waals surface area contributed by atoms with Crippen LogP contribution < -0.4 is 10.4 Å². The topological polar surface area (TPSA) is 82.1 Å². The van der Waals surface area contributed by atoms with Gasteiger partial charge in [0.1, 0.15) is 0 Å². The van der Waals surface area contributed by atoms with Crippen LogP contribution in [0.1, 0.15) is 15.9 Å². The van der Waals surface area contributed by atoms with Gasteiger partial charge in [0.15, 0.2) is 11.6 Å². The second-order valence-corrected chi connectivity index (χ2v) is 6.18. The van der Waals surface area contributed by atoms with Crippen LogP contribution in [0.2, 0.25) is 0 Å². The summed E-state index contributed by atoms with van der Waals surface area (Å²) in [4.78, 5) is 27.1. The number of amides is 3. The molecule has 0 unspecified atom stereocenters. The van der Waals surface area contributed by atoms with Crippen molar-refractivity contribution in [2.75, 3.05) is 31.2 Å². The van der Waals surface area contributed by atoms with Crippen LogP contribution >= 0.6 is 0 Å². The summed E-state index contributed by atoms with van der Waals surface area (Å²) in [5.74, 6) is -2.84. The van der Waals surface area contributed by atoms with Gasteiger partial charge in [-0.05, 0) is 29.8 Å². The minimum atomic E-state index is -1.11. The van der Waals surface area contributed by atoms with E-state index in [0.29, 0.717) is 31.9 Å². The number of hydrogen-bond donors (Lipinski definition) is 2. The summed E-state index contributed by atoms with van der Waals surface area (Å²) in [5.41, 5.74) is 2.17. The first-order valence-corrected chi connectivity index (χ1v) is 8.63. The molecule has 1 fully saturated rings. The lowest BCUT2D eigenvalue weighted by molar-refractivity contribution is 0.0547. The lowest BCUT2D eigenvalue weighted by Gasteiger charge is -2.33. The van der Waals surface area contributed by atoms with Gasteiger partial charge in [0, 0.05) is 18.7 Å². The zero-order valence-corrected chi connectivity index (χ0v) is 14.9. The smallest absolute Gasteiger partial charge is 0.325 e. The standard InChI is InChI=1S/C19H19F2N3O4/c20-15-2-1-3-16(17(15)21)24(19(26)23-8-10-28-11-9-23)12-13-4-6-14(7-5-13)18(25)22-27/h1-7,27H,8-12H2,(H,22,25). The van der Waals surface area contributed by atoms with Crippen LogP contribution in [0.3, 0.4) is 0 Å². The van der Waals surface area contributed by atoms with Crippen molar-refractivity contribution in [2.24, 2.45) is 0 Å². The van der Waals surface area contributed by atoms with E-state index < -0.39 is 23.6 Å². The number of urea groups is 1. The van der Waals surface area contributed by atoms with Gasteiger partial charge in [-0.2, -0.15) is 0 Å². The van der Waals surface area contributed by atoms with Crippen molar-refractivity contribution in [1.29, 1.82) is 0 Å². The van der Waals surface area contributed by atoms with E-state index >= 15 is 0 Å². The predicted molar refractivity (Wildman–Crippen MR) is 96.0 cm³/mol. The average molecular weight is 391 g/mol. The number of ether oxygens (including phenoxy) is 1. The van der Waals surface area contributed by atoms with Gasteiger partial charge < -0.3 is 9.64 Å². The molecule has 0 aromatic heterocycles. The van der Waals surface area contributed by atoms with E-state index in [4.69, 9.17) is 9.94 Å². The first-order chi connectivity index (χ1) is 13.5. The van der Waals surface area contributed by atoms with Crippen LogP contribution in [0, 0.1) is 11.6 Å². The van der Waals surface area contributed by atoms with E-state index in [9.17, 15) is 18.4 Å². The molecule has 148 valence electrons. The molecule has 3 amide bonds. The summed E-state index contributed by atoms with van der Waals surface area (Å²) < 4.78 is 33.4. The van der Waals surface area contributed by atoms with Crippen molar-refractivity contribution in [3.05, 3.63) is 65.2 Å². The fourth-order valence-corrected chi connectivity index (χ4v) is 2.89. The number of anilines is 1. The zero-order chi connectivity index (χ0) is 20.1. The number of hydrogen-bond acceptors (Lipinski definition) is 4. The number of benzene rings is 2. The maximum absolute atomic E-state index is 14.4. The molecule has 0 spiro atoms. The Morgan fingerprint density at radius 1 is 1.11 bits per heavy atom. The Morgan fingerprint density at radius 3 is 2.43 bits per heavy atom. The van der Waals surface area contributed by atoms with Crippen molar-refractivity contribution in [3.63, 3.8) is 0 Å². The lowest BCUT2D eigenvalue weighted by Crippen LogP contribution is -2.48. The molecule has 9 heteroatoms. The monoisotopic (exact) mass is 391 g/mol. The van der Waals surface area contributed by atoms with Crippen LogP contribution in [-0.4, -0.2) is 48.3 Å². The average Bonchev–Trinajstić information content (AvgIpc) is 2.74. The Kier molecular flexibility index (Phi) is 6.17. The molecule has 0 saturated carbocycles. The SMILES string of the molecule is O=C(NO)c1ccc(CN(C(=O)N2CCOCC2)c2cccc(F)c2F)cc1. The molecule has 3 rings (SSSR count). The van der Waals surface area contributed by atoms with Crippen LogP contribution in [0.5, 0.6) is 0 Å². The molecule has 0 radical (unpaired) electrons. The second-order valence-electron chi connectivity index (χ2n) is 6.18. The number of carbonyl (C=O) groups excluding carboxylic acids is 2. The summed E-state index contributed by atoms with van der Waals surface area (Å²) in [6, 6.07) is 9.25. The molecule has 7 nitrogen and oxygen atoms in total. The van der Waals surface area contributed by atoms with E-state index in [-0.39, 0.29) is 17.8 Å². The highest BCUT2D eigenvalue weighted by atomic mass is 19.2. The van der Waals surface area contributed by atoms with E-state index in [1.54, 1.807) is 12.1 Å². The third-order valence-electron chi connectivity index (χ3n) is 4.39. The minimum absolute atomic E-state index is 0.0302. The molecule has 1 aliphatic heterocycles. The number of nitrogens with one attached hydrogen (secondary N) is 1. The van der Waals surface area contributed by atoms with Crippen LogP contribution in [0.25, 0.3) is 0 Å². The summed E-state index contributed by atoms with van der Waals surface area (Å²) in [5, 5.41) is 8.68. The largest absolute Gasteiger partial charge is 0.378 e. The third-order valence-corrected chi connectivity index (χ3v) is 4.39. The first-order valence-electron chi connectivity index (χ1n) is 8.63. The van der Waals surface area contributed by atoms with Crippen LogP contribution in [0.15, 0.2) is 42.5 Å². The molecule has 2 aromatic rings. The highest BCUT2D eigenvalue weighted by Gasteiger charge is 2.27. The van der Waals surface area contributed by atoms with E-state index in [2.05, 4.69) is 0 Å². The van der Waals surface area contributed by atoms with Gasteiger partial charge in [-0.3, -0.25) is 14.9 Å². The molecule has 28 heavy (non-hydrogen) atoms. The number of nitrogens with zero attached hydrogens (tertiary/aromatic N) is 2. The maximum atomic E-state index is 14.4. The van der Waals surface area contributed by atoms with Crippen molar-refractivity contribution in [2.45, 2.75) is 6.54 Å². The molecule has 1 heterocycles. The van der Waals surface area contributed by atoms with Crippen molar-refractivity contribution >= 4 is 17.6 Å². The number of carbonyl (C=O) groups is 2. The summed E-state index contributed by atoms with van der Waals surface area (Å²) >= 11 is 0. The van der Waals surface area contributed by atoms with Crippen molar-refractivity contribution in [1.82, 2.24) is 10.4 Å². The Balaban J connectivity index is 1.90. The van der Waals surface area contributed by atoms with E-state index in [1.807, 2.05) is 0 Å². The van der Waals surface area contributed by atoms with Gasteiger partial charge in [-0.25, -0.2) is 19.1 Å². The molecule has 0 aliphatic carbocycles. The van der Waals surface area contributed by atoms with E-state index in [0.717, 1.165) is 11.0 Å². The van der Waals surface area contributed by atoms with Crippen LogP contribution in [0.4, 0.5) is 19.3 Å². The van der Waals surface area contributed by atoms with Gasteiger partial charge in [0.2, 0.25) is 0 Å². The highest BCUT2D eigenvalue weighted by Crippen LogP contribution is 2.25. The Labute approximate surface area is 160 Å². The van der Waals surface area contributed by atoms with Crippen molar-refractivity contribution in [3.8, 4) is 0 Å². The fraction of sp³-hybridized carbons (Fsp3) is 0.263. The summed E-state index contributed by atoms with van der Waals surface area (Å²) in [6.45, 7) is 1.41. The molecule has 1 saturated heterocycles. The molecule has 2 aromatic carbocycles. The molecular weight excluding hydrogens is 372 g/mol. The van der Waals surface area contributed by atoms with Gasteiger partial charge in [0.05, 0.1) is 25.4 Å². The quantitative estimate of drug-likeness (QED) is 0.620. The Bertz CT molecular complexity index is 855. The molecule has 0 bridgehead atoms. The Hall–Kier alpha value is -3.04. The van der Waals surface area contributed by atoms with Gasteiger partial charge in [-0.1, -0.05) is 18.2 Å². The normalized spacial score (nSPS) is 13.9. The number of rotatable bonds is 4. The van der Waals surface area contributed by atoms with Crippen molar-refractivity contribution < 1.29 is 28.3 Å². The van der Waals surface area contributed by atoms with Gasteiger partial charge in [0.25, 0.3) is 5.91 Å². The summed E-state index contributed by atoms with van der Waals surface area (Å²) in [6.07, 6.45) is 0. The predicted octanol–water partition coefficient (Wildman–Crippen LogP) is 2.54.